The van der Waals surface area contributed by atoms with Crippen LogP contribution in [0.1, 0.15) is 51.8 Å². The number of hydrogen-bond acceptors (Lipinski definition) is 3. The standard InChI is InChI=1S/C16H16ClNO3S/c1-9-6-12-11(16(20)21)4-2-3-5-18(12)14(9)15(19)13-7-10(17)8-22-13/h6-8,11H,2-5H2,1H3,(H,20,21). The van der Waals surface area contributed by atoms with Gasteiger partial charge in [0, 0.05) is 17.6 Å². The van der Waals surface area contributed by atoms with E-state index in [1.54, 1.807) is 11.4 Å². The van der Waals surface area contributed by atoms with Crippen LogP contribution in [0, 0.1) is 6.92 Å². The molecule has 1 aliphatic rings. The van der Waals surface area contributed by atoms with E-state index < -0.39 is 11.9 Å². The molecule has 1 N–H and O–H groups in total. The highest BCUT2D eigenvalue weighted by molar-refractivity contribution is 7.12. The van der Waals surface area contributed by atoms with Crippen molar-refractivity contribution in [3.63, 3.8) is 0 Å². The number of carbonyl (C=O) groups is 2. The molecule has 116 valence electrons. The summed E-state index contributed by atoms with van der Waals surface area (Å²) < 4.78 is 1.90. The molecule has 2 aromatic rings. The first kappa shape index (κ1) is 15.3. The van der Waals surface area contributed by atoms with Gasteiger partial charge in [-0.15, -0.1) is 11.3 Å². The maximum Gasteiger partial charge on any atom is 0.312 e. The lowest BCUT2D eigenvalue weighted by Crippen LogP contribution is -2.16. The molecule has 3 rings (SSSR count). The number of aromatic nitrogens is 1. The number of aliphatic carboxylic acids is 1. The zero-order chi connectivity index (χ0) is 15.9. The lowest BCUT2D eigenvalue weighted by molar-refractivity contribution is -0.139. The molecule has 4 nitrogen and oxygen atoms in total. The lowest BCUT2D eigenvalue weighted by atomic mass is 9.99. The van der Waals surface area contributed by atoms with Crippen molar-refractivity contribution in [1.82, 2.24) is 4.57 Å². The Kier molecular flexibility index (Phi) is 4.10. The van der Waals surface area contributed by atoms with Crippen LogP contribution in [0.4, 0.5) is 0 Å². The molecule has 0 radical (unpaired) electrons. The molecular weight excluding hydrogens is 322 g/mol. The second kappa shape index (κ2) is 5.89. The average molecular weight is 338 g/mol. The summed E-state index contributed by atoms with van der Waals surface area (Å²) in [6.45, 7) is 2.55. The van der Waals surface area contributed by atoms with Crippen molar-refractivity contribution in [3.8, 4) is 0 Å². The van der Waals surface area contributed by atoms with Gasteiger partial charge in [-0.1, -0.05) is 18.0 Å². The molecule has 0 spiro atoms. The maximum absolute atomic E-state index is 12.8. The maximum atomic E-state index is 12.8. The number of hydrogen-bond donors (Lipinski definition) is 1. The first-order valence-electron chi connectivity index (χ1n) is 7.20. The Hall–Kier alpha value is -1.59. The van der Waals surface area contributed by atoms with Gasteiger partial charge < -0.3 is 9.67 Å². The van der Waals surface area contributed by atoms with Gasteiger partial charge in [-0.2, -0.15) is 0 Å². The summed E-state index contributed by atoms with van der Waals surface area (Å²) in [5, 5.41) is 11.7. The minimum atomic E-state index is -0.821. The van der Waals surface area contributed by atoms with Gasteiger partial charge in [-0.3, -0.25) is 9.59 Å². The zero-order valence-electron chi connectivity index (χ0n) is 12.1. The van der Waals surface area contributed by atoms with E-state index >= 15 is 0 Å². The van der Waals surface area contributed by atoms with Crippen LogP contribution in [0.15, 0.2) is 17.5 Å². The summed E-state index contributed by atoms with van der Waals surface area (Å²) in [6.07, 6.45) is 2.36. The summed E-state index contributed by atoms with van der Waals surface area (Å²) in [5.41, 5.74) is 2.17. The second-order valence-electron chi connectivity index (χ2n) is 5.60. The van der Waals surface area contributed by atoms with Gasteiger partial charge in [0.25, 0.3) is 0 Å². The average Bonchev–Trinajstić information content (AvgIpc) is 2.96. The Morgan fingerprint density at radius 1 is 1.36 bits per heavy atom. The smallest absolute Gasteiger partial charge is 0.312 e. The van der Waals surface area contributed by atoms with E-state index in [0.717, 1.165) is 24.1 Å². The molecule has 0 saturated carbocycles. The predicted molar refractivity (Wildman–Crippen MR) is 86.2 cm³/mol. The number of thiophene rings is 1. The highest BCUT2D eigenvalue weighted by atomic mass is 35.5. The second-order valence-corrected chi connectivity index (χ2v) is 6.95. The van der Waals surface area contributed by atoms with Crippen LogP contribution >= 0.6 is 22.9 Å². The van der Waals surface area contributed by atoms with E-state index in [4.69, 9.17) is 11.6 Å². The van der Waals surface area contributed by atoms with Crippen LogP contribution in [0.3, 0.4) is 0 Å². The van der Waals surface area contributed by atoms with E-state index in [2.05, 4.69) is 0 Å². The number of rotatable bonds is 3. The number of fused-ring (bicyclic) bond motifs is 1. The van der Waals surface area contributed by atoms with Gasteiger partial charge >= 0.3 is 5.97 Å². The van der Waals surface area contributed by atoms with Gasteiger partial charge in [0.15, 0.2) is 0 Å². The van der Waals surface area contributed by atoms with E-state index in [1.807, 2.05) is 17.6 Å². The zero-order valence-corrected chi connectivity index (χ0v) is 13.7. The van der Waals surface area contributed by atoms with Crippen molar-refractivity contribution in [2.24, 2.45) is 0 Å². The molecule has 0 saturated heterocycles. The van der Waals surface area contributed by atoms with Crippen LogP contribution in [0.5, 0.6) is 0 Å². The number of carboxylic acids is 1. The molecule has 0 aliphatic carbocycles. The van der Waals surface area contributed by atoms with Crippen LogP contribution < -0.4 is 0 Å². The third kappa shape index (κ3) is 2.59. The highest BCUT2D eigenvalue weighted by Crippen LogP contribution is 2.33. The molecule has 0 fully saturated rings. The molecule has 6 heteroatoms. The Bertz CT molecular complexity index is 747. The van der Waals surface area contributed by atoms with Crippen LogP contribution in [-0.4, -0.2) is 21.4 Å². The fourth-order valence-corrected chi connectivity index (χ4v) is 4.12. The fraction of sp³-hybridized carbons (Fsp3) is 0.375. The van der Waals surface area contributed by atoms with Gasteiger partial charge in [0.1, 0.15) is 0 Å². The van der Waals surface area contributed by atoms with Crippen molar-refractivity contribution in [2.75, 3.05) is 0 Å². The SMILES string of the molecule is Cc1cc2n(c1C(=O)c1cc(Cl)cs1)CCCCC2C(=O)O. The third-order valence-corrected chi connectivity index (χ3v) is 5.38. The first-order valence-corrected chi connectivity index (χ1v) is 8.46. The summed E-state index contributed by atoms with van der Waals surface area (Å²) in [6, 6.07) is 3.52. The molecule has 0 amide bonds. The van der Waals surface area contributed by atoms with Crippen molar-refractivity contribution < 1.29 is 14.7 Å². The van der Waals surface area contributed by atoms with Gasteiger partial charge in [-0.25, -0.2) is 0 Å². The number of nitrogens with zero attached hydrogens (tertiary/aromatic N) is 1. The minimum Gasteiger partial charge on any atom is -0.481 e. The fourth-order valence-electron chi connectivity index (χ4n) is 3.11. The molecule has 1 aliphatic heterocycles. The van der Waals surface area contributed by atoms with Gasteiger partial charge in [0.2, 0.25) is 5.78 Å². The molecule has 0 aromatic carbocycles. The molecule has 3 heterocycles. The summed E-state index contributed by atoms with van der Waals surface area (Å²) in [4.78, 5) is 24.9. The number of ketones is 1. The van der Waals surface area contributed by atoms with Crippen molar-refractivity contribution >= 4 is 34.7 Å². The number of halogens is 1. The quantitative estimate of drug-likeness (QED) is 0.858. The van der Waals surface area contributed by atoms with E-state index in [0.29, 0.717) is 28.6 Å². The lowest BCUT2D eigenvalue weighted by Gasteiger charge is -2.13. The number of carbonyl (C=O) groups excluding carboxylic acids is 1. The first-order chi connectivity index (χ1) is 10.5. The van der Waals surface area contributed by atoms with Crippen molar-refractivity contribution in [3.05, 3.63) is 44.4 Å². The molecule has 1 unspecified atom stereocenters. The van der Waals surface area contributed by atoms with Gasteiger partial charge in [-0.05, 0) is 37.5 Å². The van der Waals surface area contributed by atoms with Crippen molar-refractivity contribution in [2.45, 2.75) is 38.6 Å². The predicted octanol–water partition coefficient (Wildman–Crippen LogP) is 4.09. The minimum absolute atomic E-state index is 0.0771. The van der Waals surface area contributed by atoms with E-state index in [-0.39, 0.29) is 5.78 Å². The molecule has 0 bridgehead atoms. The Labute approximate surface area is 137 Å². The van der Waals surface area contributed by atoms with E-state index in [1.165, 1.54) is 11.3 Å². The third-order valence-electron chi connectivity index (χ3n) is 4.11. The topological polar surface area (TPSA) is 59.3 Å². The number of carboxylic acid groups (broad SMARTS) is 1. The molecule has 2 aromatic heterocycles. The normalized spacial score (nSPS) is 17.8. The summed E-state index contributed by atoms with van der Waals surface area (Å²) >= 11 is 7.23. The van der Waals surface area contributed by atoms with Crippen LogP contribution in [-0.2, 0) is 11.3 Å². The summed E-state index contributed by atoms with van der Waals surface area (Å²) in [7, 11) is 0. The molecule has 22 heavy (non-hydrogen) atoms. The highest BCUT2D eigenvalue weighted by Gasteiger charge is 2.30. The van der Waals surface area contributed by atoms with E-state index in [9.17, 15) is 14.7 Å². The monoisotopic (exact) mass is 337 g/mol. The summed E-state index contributed by atoms with van der Waals surface area (Å²) in [5.74, 6) is -1.43. The largest absolute Gasteiger partial charge is 0.481 e. The Morgan fingerprint density at radius 3 is 2.77 bits per heavy atom. The molecule has 1 atom stereocenters. The van der Waals surface area contributed by atoms with Crippen LogP contribution in [0.25, 0.3) is 0 Å². The molecular formula is C16H16ClNO3S. The van der Waals surface area contributed by atoms with Gasteiger partial charge in [0.05, 0.1) is 21.5 Å². The van der Waals surface area contributed by atoms with Crippen LogP contribution in [0.2, 0.25) is 5.02 Å². The number of aryl methyl sites for hydroxylation is 1. The Morgan fingerprint density at radius 2 is 2.14 bits per heavy atom. The van der Waals surface area contributed by atoms with Crippen molar-refractivity contribution in [1.29, 1.82) is 0 Å². The Balaban J connectivity index is 2.10.